The molecule has 1 fully saturated rings. The molecule has 25 heavy (non-hydrogen) atoms. The molecule has 0 spiro atoms. The van der Waals surface area contributed by atoms with Gasteiger partial charge in [-0.3, -0.25) is 0 Å². The first-order chi connectivity index (χ1) is 11.9. The van der Waals surface area contributed by atoms with Crippen molar-refractivity contribution in [2.45, 2.75) is 77.1 Å². The number of allylic oxidation sites excluding steroid dienone is 2. The van der Waals surface area contributed by atoms with Gasteiger partial charge in [-0.15, -0.1) is 0 Å². The lowest BCUT2D eigenvalue weighted by molar-refractivity contribution is -0.136. The molecule has 4 nitrogen and oxygen atoms in total. The summed E-state index contributed by atoms with van der Waals surface area (Å²) in [6.45, 7) is 7.25. The first kappa shape index (κ1) is 18.4. The number of carbonyl (C=O) groups is 1. The summed E-state index contributed by atoms with van der Waals surface area (Å²) in [6.07, 6.45) is 10.0. The summed E-state index contributed by atoms with van der Waals surface area (Å²) in [4.78, 5) is 12.0. The molecule has 0 bridgehead atoms. The molecule has 0 amide bonds. The van der Waals surface area contributed by atoms with E-state index in [0.717, 1.165) is 50.7 Å². The zero-order valence-corrected chi connectivity index (χ0v) is 15.9. The predicted octanol–water partition coefficient (Wildman–Crippen LogP) is 4.26. The van der Waals surface area contributed by atoms with Crippen molar-refractivity contribution in [1.29, 1.82) is 0 Å². The highest BCUT2D eigenvalue weighted by atomic mass is 16.6. The Bertz CT molecular complexity index is 628. The Balaban J connectivity index is 1.80. The second-order valence-electron chi connectivity index (χ2n) is 7.77. The topological polar surface area (TPSA) is 48.1 Å². The highest BCUT2D eigenvalue weighted by Gasteiger charge is 2.51. The summed E-state index contributed by atoms with van der Waals surface area (Å²) in [7, 11) is 1.45. The van der Waals surface area contributed by atoms with E-state index in [-0.39, 0.29) is 23.8 Å². The van der Waals surface area contributed by atoms with Gasteiger partial charge >= 0.3 is 5.97 Å². The molecule has 0 N–H and O–H groups in total. The zero-order chi connectivity index (χ0) is 18.0. The Morgan fingerprint density at radius 3 is 2.84 bits per heavy atom. The van der Waals surface area contributed by atoms with Crippen LogP contribution in [0.25, 0.3) is 0 Å². The number of hydrogen-bond acceptors (Lipinski definition) is 4. The normalized spacial score (nSPS) is 37.8. The molecule has 3 rings (SSSR count). The third-order valence-electron chi connectivity index (χ3n) is 5.79. The van der Waals surface area contributed by atoms with Gasteiger partial charge in [0.1, 0.15) is 0 Å². The first-order valence-electron chi connectivity index (χ1n) is 9.35. The van der Waals surface area contributed by atoms with Gasteiger partial charge in [-0.05, 0) is 70.4 Å². The lowest BCUT2D eigenvalue weighted by Gasteiger charge is -2.15. The highest BCUT2D eigenvalue weighted by Crippen LogP contribution is 2.45. The Labute approximate surface area is 150 Å². The number of epoxide rings is 1. The van der Waals surface area contributed by atoms with Crippen molar-refractivity contribution in [3.05, 3.63) is 34.4 Å². The van der Waals surface area contributed by atoms with Gasteiger partial charge in [-0.25, -0.2) is 4.79 Å². The highest BCUT2D eigenvalue weighted by molar-refractivity contribution is 5.88. The standard InChI is InChI=1S/C21H30O4/c1-14-6-5-7-16(20(22)23-4)8-9-19-21(3,25-19)11-10-17-15(2)13-24-18(17)12-14/h7,12,18-19H,5-6,8-11,13H2,1-4H3/b14-12+,16-7+/t18-,19+,21+/m0/s1. The smallest absolute Gasteiger partial charge is 0.333 e. The maximum absolute atomic E-state index is 12.0. The van der Waals surface area contributed by atoms with E-state index in [1.165, 1.54) is 23.8 Å². The van der Waals surface area contributed by atoms with E-state index in [0.29, 0.717) is 0 Å². The maximum Gasteiger partial charge on any atom is 0.333 e. The van der Waals surface area contributed by atoms with Crippen molar-refractivity contribution in [2.24, 2.45) is 0 Å². The summed E-state index contributed by atoms with van der Waals surface area (Å²) < 4.78 is 16.9. The van der Waals surface area contributed by atoms with Crippen molar-refractivity contribution in [3.8, 4) is 0 Å². The van der Waals surface area contributed by atoms with E-state index < -0.39 is 0 Å². The molecule has 0 unspecified atom stereocenters. The predicted molar refractivity (Wildman–Crippen MR) is 97.3 cm³/mol. The Morgan fingerprint density at radius 2 is 2.08 bits per heavy atom. The van der Waals surface area contributed by atoms with E-state index in [1.807, 2.05) is 6.08 Å². The molecule has 3 aliphatic rings. The van der Waals surface area contributed by atoms with Crippen LogP contribution >= 0.6 is 0 Å². The summed E-state index contributed by atoms with van der Waals surface area (Å²) in [6, 6.07) is 0. The van der Waals surface area contributed by atoms with Crippen LogP contribution in [-0.2, 0) is 19.0 Å². The zero-order valence-electron chi connectivity index (χ0n) is 15.9. The lowest BCUT2D eigenvalue weighted by atomic mass is 9.90. The van der Waals surface area contributed by atoms with Crippen molar-refractivity contribution < 1.29 is 19.0 Å². The van der Waals surface area contributed by atoms with Gasteiger partial charge in [0.05, 0.1) is 31.5 Å². The molecule has 0 aromatic carbocycles. The van der Waals surface area contributed by atoms with Crippen LogP contribution in [-0.4, -0.2) is 37.5 Å². The van der Waals surface area contributed by atoms with Crippen LogP contribution in [0.3, 0.4) is 0 Å². The maximum atomic E-state index is 12.0. The number of fused-ring (bicyclic) bond motifs is 2. The van der Waals surface area contributed by atoms with Crippen LogP contribution in [0.4, 0.5) is 0 Å². The minimum absolute atomic E-state index is 0.0650. The number of carbonyl (C=O) groups excluding carboxylic acids is 1. The largest absolute Gasteiger partial charge is 0.466 e. The van der Waals surface area contributed by atoms with Crippen molar-refractivity contribution in [2.75, 3.05) is 13.7 Å². The molecule has 0 aromatic heterocycles. The molecule has 1 aliphatic carbocycles. The van der Waals surface area contributed by atoms with Crippen LogP contribution < -0.4 is 0 Å². The van der Waals surface area contributed by atoms with Gasteiger partial charge in [0.15, 0.2) is 0 Å². The molecule has 0 saturated carbocycles. The average molecular weight is 346 g/mol. The fourth-order valence-electron chi connectivity index (χ4n) is 3.93. The van der Waals surface area contributed by atoms with Crippen molar-refractivity contribution in [1.82, 2.24) is 0 Å². The van der Waals surface area contributed by atoms with Crippen LogP contribution in [0.1, 0.15) is 59.3 Å². The monoisotopic (exact) mass is 346 g/mol. The van der Waals surface area contributed by atoms with E-state index in [2.05, 4.69) is 26.8 Å². The molecular formula is C21H30O4. The van der Waals surface area contributed by atoms with Gasteiger partial charge in [0.2, 0.25) is 0 Å². The summed E-state index contributed by atoms with van der Waals surface area (Å²) in [5, 5.41) is 0. The van der Waals surface area contributed by atoms with E-state index in [9.17, 15) is 4.79 Å². The van der Waals surface area contributed by atoms with Crippen LogP contribution in [0.15, 0.2) is 34.4 Å². The summed E-state index contributed by atoms with van der Waals surface area (Å²) in [5.41, 5.74) is 4.82. The second kappa shape index (κ2) is 7.46. The Hall–Kier alpha value is -1.39. The lowest BCUT2D eigenvalue weighted by Crippen LogP contribution is -2.15. The van der Waals surface area contributed by atoms with Crippen molar-refractivity contribution in [3.63, 3.8) is 0 Å². The molecule has 3 atom stereocenters. The van der Waals surface area contributed by atoms with E-state index >= 15 is 0 Å². The SMILES string of the molecule is COC(=O)/C1=C/CC/C(C)=C/[C@@H]2OCC(C)=C2CC[C@@]2(C)O[C@@H]2CC1. The number of hydrogen-bond donors (Lipinski definition) is 0. The molecule has 4 heteroatoms. The molecule has 2 heterocycles. The first-order valence-corrected chi connectivity index (χ1v) is 9.35. The summed E-state index contributed by atoms with van der Waals surface area (Å²) >= 11 is 0. The van der Waals surface area contributed by atoms with Crippen LogP contribution in [0.2, 0.25) is 0 Å². The molecule has 1 saturated heterocycles. The number of rotatable bonds is 1. The average Bonchev–Trinajstić information content (AvgIpc) is 3.10. The minimum Gasteiger partial charge on any atom is -0.466 e. The minimum atomic E-state index is -0.212. The number of ether oxygens (including phenoxy) is 3. The molecule has 138 valence electrons. The Morgan fingerprint density at radius 1 is 1.28 bits per heavy atom. The van der Waals surface area contributed by atoms with E-state index in [1.54, 1.807) is 0 Å². The molecule has 0 aromatic rings. The van der Waals surface area contributed by atoms with Crippen molar-refractivity contribution >= 4 is 5.97 Å². The van der Waals surface area contributed by atoms with Gasteiger partial charge in [0, 0.05) is 5.57 Å². The van der Waals surface area contributed by atoms with Gasteiger partial charge in [-0.1, -0.05) is 17.7 Å². The van der Waals surface area contributed by atoms with Gasteiger partial charge in [0.25, 0.3) is 0 Å². The Kier molecular flexibility index (Phi) is 5.49. The van der Waals surface area contributed by atoms with Crippen LogP contribution in [0, 0.1) is 0 Å². The summed E-state index contributed by atoms with van der Waals surface area (Å²) in [5.74, 6) is -0.212. The quantitative estimate of drug-likeness (QED) is 0.404. The number of methoxy groups -OCH3 is 1. The van der Waals surface area contributed by atoms with E-state index in [4.69, 9.17) is 14.2 Å². The van der Waals surface area contributed by atoms with Crippen LogP contribution in [0.5, 0.6) is 0 Å². The third-order valence-corrected chi connectivity index (χ3v) is 5.79. The third kappa shape index (κ3) is 4.24. The van der Waals surface area contributed by atoms with Gasteiger partial charge in [-0.2, -0.15) is 0 Å². The fourth-order valence-corrected chi connectivity index (χ4v) is 3.93. The number of esters is 1. The molecule has 2 aliphatic heterocycles. The molecular weight excluding hydrogens is 316 g/mol. The van der Waals surface area contributed by atoms with Gasteiger partial charge < -0.3 is 14.2 Å². The second-order valence-corrected chi connectivity index (χ2v) is 7.77. The fraction of sp³-hybridized carbons (Fsp3) is 0.667. The molecule has 0 radical (unpaired) electrons.